The van der Waals surface area contributed by atoms with Crippen molar-refractivity contribution in [2.75, 3.05) is 7.11 Å². The Morgan fingerprint density at radius 2 is 1.38 bits per heavy atom. The number of nitrogens with zero attached hydrogens (tertiary/aromatic N) is 6. The number of fused-ring (bicyclic) bond motifs is 1. The molecule has 0 aliphatic carbocycles. The number of aromatic amines is 1. The molecule has 0 aliphatic rings. The highest BCUT2D eigenvalue weighted by Crippen LogP contribution is 2.22. The van der Waals surface area contributed by atoms with E-state index in [2.05, 4.69) is 49.1 Å². The summed E-state index contributed by atoms with van der Waals surface area (Å²) >= 11 is 0. The van der Waals surface area contributed by atoms with Crippen LogP contribution in [0.25, 0.3) is 28.0 Å². The van der Waals surface area contributed by atoms with Gasteiger partial charge in [0.2, 0.25) is 23.7 Å². The summed E-state index contributed by atoms with van der Waals surface area (Å²) in [5, 5.41) is 2.81. The van der Waals surface area contributed by atoms with Crippen LogP contribution in [-0.4, -0.2) is 47.3 Å². The number of aromatic nitrogens is 7. The van der Waals surface area contributed by atoms with E-state index in [-0.39, 0.29) is 29.8 Å². The second-order valence-corrected chi connectivity index (χ2v) is 13.8. The maximum atomic E-state index is 13.3. The lowest BCUT2D eigenvalue weighted by Gasteiger charge is -2.11. The molecular formula is C43H42F2N8O3. The van der Waals surface area contributed by atoms with E-state index in [1.54, 1.807) is 36.7 Å². The third-order valence-corrected chi connectivity index (χ3v) is 8.85. The third-order valence-electron chi connectivity index (χ3n) is 8.85. The Labute approximate surface area is 322 Å². The minimum Gasteiger partial charge on any atom is -0.480 e. The summed E-state index contributed by atoms with van der Waals surface area (Å²) in [5.41, 5.74) is 7.48. The first-order chi connectivity index (χ1) is 27.0. The number of benzene rings is 2. The van der Waals surface area contributed by atoms with Crippen LogP contribution in [0.4, 0.5) is 8.78 Å². The number of pyridine rings is 2. The fourth-order valence-corrected chi connectivity index (χ4v) is 5.92. The number of rotatable bonds is 11. The summed E-state index contributed by atoms with van der Waals surface area (Å²) in [6, 6.07) is 24.9. The molecule has 0 atom stereocenters. The van der Waals surface area contributed by atoms with Crippen molar-refractivity contribution in [1.82, 2.24) is 39.6 Å². The molecule has 0 saturated carbocycles. The Bertz CT molecular complexity index is 2500. The molecular weight excluding hydrogens is 715 g/mol. The van der Waals surface area contributed by atoms with E-state index in [0.717, 1.165) is 39.5 Å². The van der Waals surface area contributed by atoms with Crippen LogP contribution >= 0.6 is 0 Å². The van der Waals surface area contributed by atoms with E-state index in [4.69, 9.17) is 4.74 Å². The van der Waals surface area contributed by atoms with Gasteiger partial charge in [-0.15, -0.1) is 0 Å². The zero-order chi connectivity index (χ0) is 39.8. The normalized spacial score (nSPS) is 11.1. The number of halogens is 2. The Morgan fingerprint density at radius 3 is 1.91 bits per heavy atom. The van der Waals surface area contributed by atoms with Gasteiger partial charge in [-0.2, -0.15) is 8.78 Å². The van der Waals surface area contributed by atoms with Crippen LogP contribution in [0.15, 0.2) is 108 Å². The van der Waals surface area contributed by atoms with Gasteiger partial charge in [0.1, 0.15) is 17.0 Å². The molecule has 0 aliphatic heterocycles. The van der Waals surface area contributed by atoms with Gasteiger partial charge in [-0.05, 0) is 35.4 Å². The predicted molar refractivity (Wildman–Crippen MR) is 210 cm³/mol. The smallest absolute Gasteiger partial charge is 0.274 e. The lowest BCUT2D eigenvalue weighted by Crippen LogP contribution is -2.27. The molecule has 0 spiro atoms. The van der Waals surface area contributed by atoms with Gasteiger partial charge < -0.3 is 15.0 Å². The molecule has 2 aromatic carbocycles. The summed E-state index contributed by atoms with van der Waals surface area (Å²) < 4.78 is 33.8. The van der Waals surface area contributed by atoms with Crippen LogP contribution in [0.1, 0.15) is 67.6 Å². The second-order valence-electron chi connectivity index (χ2n) is 13.8. The first kappa shape index (κ1) is 39.1. The van der Waals surface area contributed by atoms with Crippen molar-refractivity contribution in [3.05, 3.63) is 160 Å². The first-order valence-corrected chi connectivity index (χ1v) is 18.2. The molecule has 0 fully saturated rings. The third kappa shape index (κ3) is 9.72. The highest BCUT2D eigenvalue weighted by molar-refractivity contribution is 5.77. The summed E-state index contributed by atoms with van der Waals surface area (Å²) in [5.74, 6) is 0.337. The minimum atomic E-state index is -0.501. The topological polar surface area (TPSA) is 140 Å². The Morgan fingerprint density at radius 1 is 0.786 bits per heavy atom. The van der Waals surface area contributed by atoms with E-state index in [0.29, 0.717) is 41.3 Å². The minimum absolute atomic E-state index is 0.0502. The number of H-pyrrole nitrogens is 1. The predicted octanol–water partition coefficient (Wildman–Crippen LogP) is 7.49. The van der Waals surface area contributed by atoms with Gasteiger partial charge in [0.25, 0.3) is 5.56 Å². The molecule has 0 bridgehead atoms. The van der Waals surface area contributed by atoms with Gasteiger partial charge >= 0.3 is 0 Å². The Hall–Kier alpha value is -6.63. The zero-order valence-electron chi connectivity index (χ0n) is 31.8. The lowest BCUT2D eigenvalue weighted by atomic mass is 10.1. The van der Waals surface area contributed by atoms with Crippen molar-refractivity contribution < 1.29 is 18.3 Å². The number of imidazole rings is 1. The monoisotopic (exact) mass is 756 g/mol. The number of carbonyl (C=O) groups excluding carboxylic acids is 1. The molecule has 2 N–H and O–H groups in total. The van der Waals surface area contributed by atoms with Gasteiger partial charge in [0.15, 0.2) is 0 Å². The maximum absolute atomic E-state index is 13.3. The van der Waals surface area contributed by atoms with Crippen LogP contribution in [0.3, 0.4) is 0 Å². The van der Waals surface area contributed by atoms with Crippen molar-refractivity contribution in [2.45, 2.75) is 53.0 Å². The fraction of sp³-hybridized carbons (Fsp3) is 0.233. The molecule has 56 heavy (non-hydrogen) atoms. The van der Waals surface area contributed by atoms with Gasteiger partial charge in [-0.1, -0.05) is 88.4 Å². The molecule has 0 saturated heterocycles. The van der Waals surface area contributed by atoms with Crippen LogP contribution in [0, 0.1) is 17.8 Å². The van der Waals surface area contributed by atoms with Crippen molar-refractivity contribution in [1.29, 1.82) is 0 Å². The van der Waals surface area contributed by atoms with E-state index < -0.39 is 11.9 Å². The number of amides is 1. The molecule has 5 aromatic heterocycles. The molecule has 1 amide bonds. The lowest BCUT2D eigenvalue weighted by molar-refractivity contribution is -0.124. The highest BCUT2D eigenvalue weighted by Gasteiger charge is 2.14. The van der Waals surface area contributed by atoms with Gasteiger partial charge in [-0.25, -0.2) is 19.9 Å². The summed E-state index contributed by atoms with van der Waals surface area (Å²) in [4.78, 5) is 48.1. The number of carbonyl (C=O) groups is 1. The summed E-state index contributed by atoms with van der Waals surface area (Å²) in [6.45, 7) is 8.03. The number of methoxy groups -OCH3 is 1. The maximum Gasteiger partial charge on any atom is 0.274 e. The standard InChI is InChI=1S/C22H23FN4O2.C21H19FN4O/c1-14(2)21(28)25-13-19-22(29-3)26-17(12-24-19)11-15-7-9-16(10-8-15)18-5-4-6-20(23)27-18;1-13(2)20-23-11-18-21(27)24-16(12-26(18)20)10-14-6-8-15(9-7-14)17-4-3-5-19(22)25-17/h4-10,12,14H,11,13H2,1-3H3,(H,25,28);3-9,11-13H,10H2,1-2H3,(H,24,27). The average molecular weight is 757 g/mol. The molecule has 0 radical (unpaired) electrons. The van der Waals surface area contributed by atoms with Crippen molar-refractivity contribution in [3.8, 4) is 28.4 Å². The van der Waals surface area contributed by atoms with Crippen molar-refractivity contribution in [2.24, 2.45) is 5.92 Å². The number of nitrogens with one attached hydrogen (secondary N) is 2. The average Bonchev–Trinajstić information content (AvgIpc) is 3.63. The zero-order valence-corrected chi connectivity index (χ0v) is 31.8. The molecule has 7 rings (SSSR count). The van der Waals surface area contributed by atoms with E-state index in [1.807, 2.05) is 73.0 Å². The van der Waals surface area contributed by atoms with E-state index >= 15 is 0 Å². The van der Waals surface area contributed by atoms with Crippen LogP contribution in [-0.2, 0) is 24.2 Å². The fourth-order valence-electron chi connectivity index (χ4n) is 5.92. The highest BCUT2D eigenvalue weighted by atomic mass is 19.1. The molecule has 0 unspecified atom stereocenters. The first-order valence-electron chi connectivity index (χ1n) is 18.2. The Balaban J connectivity index is 0.000000190. The van der Waals surface area contributed by atoms with Gasteiger partial charge in [-0.3, -0.25) is 19.0 Å². The molecule has 11 nitrogen and oxygen atoms in total. The molecule has 13 heteroatoms. The molecule has 7 aromatic rings. The van der Waals surface area contributed by atoms with Crippen LogP contribution in [0.5, 0.6) is 5.88 Å². The van der Waals surface area contributed by atoms with Crippen molar-refractivity contribution in [3.63, 3.8) is 0 Å². The summed E-state index contributed by atoms with van der Waals surface area (Å²) in [6.07, 6.45) is 6.37. The largest absolute Gasteiger partial charge is 0.480 e. The summed E-state index contributed by atoms with van der Waals surface area (Å²) in [7, 11) is 1.53. The van der Waals surface area contributed by atoms with Gasteiger partial charge in [0, 0.05) is 53.9 Å². The van der Waals surface area contributed by atoms with Crippen LogP contribution < -0.4 is 15.6 Å². The number of hydrogen-bond acceptors (Lipinski definition) is 8. The quantitative estimate of drug-likeness (QED) is 0.130. The molecule has 286 valence electrons. The van der Waals surface area contributed by atoms with Crippen LogP contribution in [0.2, 0.25) is 0 Å². The number of ether oxygens (including phenoxy) is 1. The SMILES string of the molecule is CC(C)c1ncc2c(=O)[nH]c(Cc3ccc(-c4cccc(F)n4)cc3)cn12.COc1nc(Cc2ccc(-c3cccc(F)n3)cc2)cnc1CNC(=O)C(C)C. The van der Waals surface area contributed by atoms with E-state index in [1.165, 1.54) is 19.2 Å². The second kappa shape index (κ2) is 17.7. The van der Waals surface area contributed by atoms with Crippen molar-refractivity contribution >= 4 is 11.4 Å². The number of hydrogen-bond donors (Lipinski definition) is 2. The molecule has 5 heterocycles. The van der Waals surface area contributed by atoms with Gasteiger partial charge in [0.05, 0.1) is 36.9 Å². The van der Waals surface area contributed by atoms with E-state index in [9.17, 15) is 18.4 Å². The Kier molecular flexibility index (Phi) is 12.3.